The highest BCUT2D eigenvalue weighted by Crippen LogP contribution is 2.50. The summed E-state index contributed by atoms with van der Waals surface area (Å²) in [6, 6.07) is 10.5. The highest BCUT2D eigenvalue weighted by Gasteiger charge is 2.30. The van der Waals surface area contributed by atoms with E-state index in [1.807, 2.05) is 12.3 Å². The van der Waals surface area contributed by atoms with E-state index in [4.69, 9.17) is 18.9 Å². The minimum absolute atomic E-state index is 0.200. The molecule has 0 saturated heterocycles. The van der Waals surface area contributed by atoms with Gasteiger partial charge >= 0.3 is 0 Å². The zero-order valence-electron chi connectivity index (χ0n) is 28.2. The van der Waals surface area contributed by atoms with Gasteiger partial charge in [0, 0.05) is 25.1 Å². The van der Waals surface area contributed by atoms with Gasteiger partial charge in [0.15, 0.2) is 11.5 Å². The van der Waals surface area contributed by atoms with Gasteiger partial charge in [0.25, 0.3) is 0 Å². The molecule has 1 aliphatic rings. The number of anilines is 3. The summed E-state index contributed by atoms with van der Waals surface area (Å²) in [6.45, 7) is 2.83. The van der Waals surface area contributed by atoms with Crippen LogP contribution >= 0.6 is 11.8 Å². The van der Waals surface area contributed by atoms with Gasteiger partial charge in [0.2, 0.25) is 28.9 Å². The van der Waals surface area contributed by atoms with Crippen LogP contribution in [0.2, 0.25) is 0 Å². The normalized spacial score (nSPS) is 13.9. The molecule has 0 spiro atoms. The largest absolute Gasteiger partial charge is 0.495 e. The fourth-order valence-electron chi connectivity index (χ4n) is 5.83. The molecular formula is C35H42N4O8S. The maximum absolute atomic E-state index is 13.9. The molecule has 0 aliphatic heterocycles. The first-order valence-corrected chi connectivity index (χ1v) is 16.7. The third-order valence-corrected chi connectivity index (χ3v) is 8.59. The van der Waals surface area contributed by atoms with Crippen LogP contribution in [0.25, 0.3) is 11.1 Å². The lowest BCUT2D eigenvalue weighted by Crippen LogP contribution is -2.36. The molecule has 0 saturated carbocycles. The molecule has 0 heterocycles. The van der Waals surface area contributed by atoms with Crippen LogP contribution in [0.4, 0.5) is 17.1 Å². The molecule has 13 heteroatoms. The number of benzene rings is 2. The molecule has 4 rings (SSSR count). The second-order valence-electron chi connectivity index (χ2n) is 11.2. The maximum Gasteiger partial charge on any atom is 0.246 e. The predicted molar refractivity (Wildman–Crippen MR) is 189 cm³/mol. The first kappa shape index (κ1) is 35.9. The average molecular weight is 679 g/mol. The number of nitrogens with one attached hydrogen (secondary N) is 4. The van der Waals surface area contributed by atoms with E-state index in [1.165, 1.54) is 41.2 Å². The molecule has 0 bridgehead atoms. The van der Waals surface area contributed by atoms with Crippen LogP contribution in [-0.4, -0.2) is 64.2 Å². The van der Waals surface area contributed by atoms with Gasteiger partial charge in [-0.25, -0.2) is 0 Å². The number of carbonyl (C=O) groups excluding carboxylic acids is 3. The third-order valence-electron chi connectivity index (χ3n) is 7.95. The summed E-state index contributed by atoms with van der Waals surface area (Å²) in [6.07, 6.45) is 3.42. The molecule has 0 fully saturated rings. The van der Waals surface area contributed by atoms with Crippen molar-refractivity contribution in [1.29, 1.82) is 0 Å². The van der Waals surface area contributed by atoms with Crippen molar-refractivity contribution in [3.63, 3.8) is 0 Å². The lowest BCUT2D eigenvalue weighted by molar-refractivity contribution is -0.120. The summed E-state index contributed by atoms with van der Waals surface area (Å²) in [5, 5.41) is 11.8. The van der Waals surface area contributed by atoms with Gasteiger partial charge in [0.1, 0.15) is 11.8 Å². The van der Waals surface area contributed by atoms with E-state index in [9.17, 15) is 19.2 Å². The zero-order chi connectivity index (χ0) is 35.0. The van der Waals surface area contributed by atoms with Crippen LogP contribution in [0.1, 0.15) is 43.9 Å². The summed E-state index contributed by atoms with van der Waals surface area (Å²) < 4.78 is 22.6. The van der Waals surface area contributed by atoms with Gasteiger partial charge in [-0.15, -0.1) is 0 Å². The topological polar surface area (TPSA) is 153 Å². The van der Waals surface area contributed by atoms with Gasteiger partial charge in [-0.2, -0.15) is 11.8 Å². The number of methoxy groups -OCH3 is 4. The fraction of sp³-hybridized carbons (Fsp3) is 0.371. The lowest BCUT2D eigenvalue weighted by atomic mass is 9.95. The van der Waals surface area contributed by atoms with E-state index >= 15 is 0 Å². The van der Waals surface area contributed by atoms with Crippen LogP contribution in [0.3, 0.4) is 0 Å². The average Bonchev–Trinajstić information content (AvgIpc) is 3.29. The smallest absolute Gasteiger partial charge is 0.246 e. The zero-order valence-corrected chi connectivity index (χ0v) is 29.0. The Morgan fingerprint density at radius 3 is 2.21 bits per heavy atom. The molecule has 256 valence electrons. The van der Waals surface area contributed by atoms with E-state index in [2.05, 4.69) is 21.3 Å². The van der Waals surface area contributed by atoms with Crippen molar-refractivity contribution in [3.05, 3.63) is 63.8 Å². The van der Waals surface area contributed by atoms with Crippen LogP contribution in [0.15, 0.2) is 47.3 Å². The van der Waals surface area contributed by atoms with E-state index in [0.29, 0.717) is 70.5 Å². The third kappa shape index (κ3) is 8.14. The number of hydrogen-bond acceptors (Lipinski definition) is 10. The van der Waals surface area contributed by atoms with Crippen molar-refractivity contribution in [2.75, 3.05) is 56.4 Å². The molecule has 2 unspecified atom stereocenters. The number of carbonyl (C=O) groups is 3. The van der Waals surface area contributed by atoms with Crippen molar-refractivity contribution in [3.8, 4) is 34.1 Å². The van der Waals surface area contributed by atoms with E-state index in [-0.39, 0.29) is 22.9 Å². The molecule has 0 radical (unpaired) electrons. The van der Waals surface area contributed by atoms with Crippen molar-refractivity contribution in [2.24, 2.45) is 0 Å². The van der Waals surface area contributed by atoms with Crippen molar-refractivity contribution in [1.82, 2.24) is 5.32 Å². The first-order chi connectivity index (χ1) is 23.0. The van der Waals surface area contributed by atoms with E-state index in [1.54, 1.807) is 49.2 Å². The van der Waals surface area contributed by atoms with Crippen LogP contribution < -0.4 is 45.6 Å². The molecule has 2 atom stereocenters. The molecular weight excluding hydrogens is 636 g/mol. The molecule has 4 N–H and O–H groups in total. The molecule has 48 heavy (non-hydrogen) atoms. The number of ether oxygens (including phenoxy) is 4. The quantitative estimate of drug-likeness (QED) is 0.194. The number of fused-ring (bicyclic) bond motifs is 3. The van der Waals surface area contributed by atoms with Gasteiger partial charge < -0.3 is 40.2 Å². The van der Waals surface area contributed by atoms with Crippen LogP contribution in [0, 0.1) is 0 Å². The minimum atomic E-state index is -0.807. The van der Waals surface area contributed by atoms with Crippen molar-refractivity contribution < 1.29 is 33.3 Å². The number of thioether (sulfide) groups is 1. The Kier molecular flexibility index (Phi) is 12.2. The van der Waals surface area contributed by atoms with E-state index in [0.717, 1.165) is 11.1 Å². The second kappa shape index (κ2) is 16.3. The Bertz CT molecular complexity index is 1750. The van der Waals surface area contributed by atoms with E-state index < -0.39 is 18.0 Å². The maximum atomic E-state index is 13.9. The highest BCUT2D eigenvalue weighted by molar-refractivity contribution is 7.98. The van der Waals surface area contributed by atoms with Crippen molar-refractivity contribution >= 4 is 46.5 Å². The van der Waals surface area contributed by atoms with Crippen LogP contribution in [-0.2, 0) is 20.8 Å². The molecule has 1 aliphatic carbocycles. The summed E-state index contributed by atoms with van der Waals surface area (Å²) in [7, 11) is 6.10. The molecule has 3 aromatic rings. The standard InChI is InChI=1S/C35H42N4O8S/c1-19(40)36-22-9-13-30(44-3)28(17-22)39-35(43)27(14-15-48-7)38-26-12-10-23-24(18-29(26)42)25(37-20(2)41)11-8-21-16-31(45-4)33(46-5)34(47-6)32(21)23/h9-10,12-13,16-18,25,27H,8,11,14-15H2,1-7H3,(H,36,40)(H,37,41)(H,38,42)(H,39,43). The Morgan fingerprint density at radius 2 is 1.58 bits per heavy atom. The monoisotopic (exact) mass is 678 g/mol. The van der Waals surface area contributed by atoms with Gasteiger partial charge in [-0.1, -0.05) is 6.07 Å². The Balaban J connectivity index is 1.81. The number of aryl methyl sites for hydroxylation is 1. The minimum Gasteiger partial charge on any atom is -0.495 e. The summed E-state index contributed by atoms with van der Waals surface area (Å²) in [5.41, 5.74) is 3.60. The molecule has 3 amide bonds. The van der Waals surface area contributed by atoms with Crippen LogP contribution in [0.5, 0.6) is 23.0 Å². The fourth-order valence-corrected chi connectivity index (χ4v) is 6.30. The number of amides is 3. The summed E-state index contributed by atoms with van der Waals surface area (Å²) >= 11 is 1.57. The Morgan fingerprint density at radius 1 is 0.854 bits per heavy atom. The lowest BCUT2D eigenvalue weighted by Gasteiger charge is -2.20. The van der Waals surface area contributed by atoms with Gasteiger partial charge in [-0.3, -0.25) is 19.2 Å². The number of rotatable bonds is 13. The SMILES string of the molecule is COc1ccc(NC(C)=O)cc1NC(=O)C(CCSC)Nc1ccc2c(cc1=O)C(NC(C)=O)CCc1cc(OC)c(OC)c(OC)c1-2. The molecule has 0 aromatic heterocycles. The molecule has 3 aromatic carbocycles. The number of hydrogen-bond donors (Lipinski definition) is 4. The second-order valence-corrected chi connectivity index (χ2v) is 12.1. The predicted octanol–water partition coefficient (Wildman–Crippen LogP) is 5.00. The van der Waals surface area contributed by atoms with Gasteiger partial charge in [-0.05, 0) is 84.4 Å². The Labute approximate surface area is 284 Å². The van der Waals surface area contributed by atoms with Gasteiger partial charge in [0.05, 0.1) is 45.9 Å². The first-order valence-electron chi connectivity index (χ1n) is 15.3. The molecule has 12 nitrogen and oxygen atoms in total. The summed E-state index contributed by atoms with van der Waals surface area (Å²) in [5.74, 6) is 1.51. The highest BCUT2D eigenvalue weighted by atomic mass is 32.2. The Hall–Kier alpha value is -4.91. The summed E-state index contributed by atoms with van der Waals surface area (Å²) in [4.78, 5) is 51.6. The van der Waals surface area contributed by atoms with Crippen molar-refractivity contribution in [2.45, 2.75) is 45.2 Å².